The molecule has 4 aromatic rings. The Labute approximate surface area is 246 Å². The number of carbonyl (C=O) groups is 2. The van der Waals surface area contributed by atoms with Gasteiger partial charge in [0.05, 0.1) is 18.5 Å². The van der Waals surface area contributed by atoms with E-state index >= 15 is 0 Å². The zero-order valence-electron chi connectivity index (χ0n) is 23.5. The number of aryl methyl sites for hydroxylation is 1. The van der Waals surface area contributed by atoms with E-state index in [0.717, 1.165) is 29.1 Å². The minimum absolute atomic E-state index is 0.0310. The van der Waals surface area contributed by atoms with Crippen LogP contribution in [0.15, 0.2) is 61.1 Å². The summed E-state index contributed by atoms with van der Waals surface area (Å²) in [6.07, 6.45) is 4.63. The van der Waals surface area contributed by atoms with E-state index < -0.39 is 12.7 Å². The molecule has 2 aromatic heterocycles. The number of rotatable bonds is 7. The maximum Gasteiger partial charge on any atom is 0.387 e. The van der Waals surface area contributed by atoms with Gasteiger partial charge in [-0.05, 0) is 55.0 Å². The van der Waals surface area contributed by atoms with Gasteiger partial charge in [-0.2, -0.15) is 8.78 Å². The number of aromatic nitrogens is 3. The van der Waals surface area contributed by atoms with Gasteiger partial charge in [0.1, 0.15) is 11.9 Å². The van der Waals surface area contributed by atoms with E-state index in [4.69, 9.17) is 4.74 Å². The van der Waals surface area contributed by atoms with Gasteiger partial charge in [0.15, 0.2) is 11.5 Å². The summed E-state index contributed by atoms with van der Waals surface area (Å²) in [5.74, 6) is 0.489. The van der Waals surface area contributed by atoms with Gasteiger partial charge in [-0.25, -0.2) is 9.97 Å². The summed E-state index contributed by atoms with van der Waals surface area (Å²) in [5, 5.41) is 6.47. The number of alkyl halides is 2. The van der Waals surface area contributed by atoms with Gasteiger partial charge in [-0.3, -0.25) is 14.0 Å². The van der Waals surface area contributed by atoms with E-state index in [1.54, 1.807) is 46.6 Å². The Hall–Kier alpha value is -4.62. The van der Waals surface area contributed by atoms with Crippen molar-refractivity contribution in [2.75, 3.05) is 51.2 Å². The minimum atomic E-state index is -2.88. The van der Waals surface area contributed by atoms with Crippen molar-refractivity contribution in [2.45, 2.75) is 19.6 Å². The molecule has 0 bridgehead atoms. The van der Waals surface area contributed by atoms with Crippen molar-refractivity contribution in [3.63, 3.8) is 0 Å². The van der Waals surface area contributed by atoms with Crippen LogP contribution in [-0.2, 0) is 9.53 Å². The lowest BCUT2D eigenvalue weighted by Gasteiger charge is -2.37. The van der Waals surface area contributed by atoms with Crippen molar-refractivity contribution >= 4 is 29.0 Å². The van der Waals surface area contributed by atoms with Crippen LogP contribution in [0.4, 0.5) is 20.3 Å². The van der Waals surface area contributed by atoms with Crippen LogP contribution in [-0.4, -0.2) is 94.6 Å². The number of nitrogens with zero attached hydrogens (tertiary/aromatic N) is 5. The standard InChI is InChI=1S/C30H31F2N7O4/c1-19-16-21(4-7-23(19)28(40)37-11-13-38(14-12-37)29(41)25-18-33-9-15-42-25)36-26-27-35-17-24(39(27)10-8-34-26)20-2-5-22(6-3-20)43-30(31)32/h2-8,10,16-17,25,30,33H,9,11-15,18H2,1H3,(H,34,36)/t25-/m0/s1. The topological polar surface area (TPSA) is 113 Å². The molecule has 4 heterocycles. The summed E-state index contributed by atoms with van der Waals surface area (Å²) >= 11 is 0. The molecule has 2 amide bonds. The number of piperazine rings is 1. The first-order valence-electron chi connectivity index (χ1n) is 14.0. The van der Waals surface area contributed by atoms with Crippen molar-refractivity contribution < 1.29 is 27.8 Å². The lowest BCUT2D eigenvalue weighted by atomic mass is 10.1. The quantitative estimate of drug-likeness (QED) is 0.337. The summed E-state index contributed by atoms with van der Waals surface area (Å²) < 4.78 is 36.9. The van der Waals surface area contributed by atoms with E-state index in [1.807, 2.05) is 23.5 Å². The molecule has 2 fully saturated rings. The molecule has 2 aliphatic heterocycles. The van der Waals surface area contributed by atoms with Gasteiger partial charge in [-0.15, -0.1) is 0 Å². The summed E-state index contributed by atoms with van der Waals surface area (Å²) in [6, 6.07) is 11.8. The molecule has 13 heteroatoms. The zero-order valence-corrected chi connectivity index (χ0v) is 23.5. The smallest absolute Gasteiger partial charge is 0.387 e. The number of morpholine rings is 1. The molecule has 0 radical (unpaired) electrons. The van der Waals surface area contributed by atoms with Crippen LogP contribution in [0.1, 0.15) is 15.9 Å². The highest BCUT2D eigenvalue weighted by atomic mass is 19.3. The molecule has 43 heavy (non-hydrogen) atoms. The molecule has 2 aromatic carbocycles. The molecule has 2 saturated heterocycles. The first kappa shape index (κ1) is 28.5. The molecule has 0 saturated carbocycles. The van der Waals surface area contributed by atoms with Crippen molar-refractivity contribution in [3.05, 3.63) is 72.2 Å². The number of ether oxygens (including phenoxy) is 2. The number of benzene rings is 2. The number of carbonyl (C=O) groups excluding carboxylic acids is 2. The number of imidazole rings is 1. The highest BCUT2D eigenvalue weighted by Gasteiger charge is 2.31. The number of halogens is 2. The molecule has 1 atom stereocenters. The van der Waals surface area contributed by atoms with E-state index in [1.165, 1.54) is 12.1 Å². The van der Waals surface area contributed by atoms with Crippen LogP contribution in [0.25, 0.3) is 16.9 Å². The largest absolute Gasteiger partial charge is 0.435 e. The number of hydrogen-bond acceptors (Lipinski definition) is 8. The van der Waals surface area contributed by atoms with Gasteiger partial charge in [0.25, 0.3) is 11.8 Å². The van der Waals surface area contributed by atoms with Crippen molar-refractivity contribution in [2.24, 2.45) is 0 Å². The zero-order chi connectivity index (χ0) is 29.9. The van der Waals surface area contributed by atoms with Gasteiger partial charge in [0.2, 0.25) is 0 Å². The summed E-state index contributed by atoms with van der Waals surface area (Å²) in [7, 11) is 0. The molecular weight excluding hydrogens is 560 g/mol. The van der Waals surface area contributed by atoms with Gasteiger partial charge in [-0.1, -0.05) is 0 Å². The van der Waals surface area contributed by atoms with Crippen LogP contribution >= 0.6 is 0 Å². The normalized spacial score (nSPS) is 17.3. The van der Waals surface area contributed by atoms with Crippen LogP contribution < -0.4 is 15.4 Å². The van der Waals surface area contributed by atoms with Gasteiger partial charge < -0.3 is 29.9 Å². The molecular formula is C30H31F2N7O4. The molecule has 2 N–H and O–H groups in total. The number of anilines is 2. The fourth-order valence-corrected chi connectivity index (χ4v) is 5.37. The van der Waals surface area contributed by atoms with Gasteiger partial charge >= 0.3 is 6.61 Å². The average molecular weight is 592 g/mol. The summed E-state index contributed by atoms with van der Waals surface area (Å²) in [6.45, 7) is 2.64. The van der Waals surface area contributed by atoms with E-state index in [-0.39, 0.29) is 17.6 Å². The number of hydrogen-bond donors (Lipinski definition) is 2. The third kappa shape index (κ3) is 6.13. The molecule has 224 valence electrons. The maximum atomic E-state index is 13.4. The molecule has 0 unspecified atom stereocenters. The number of amides is 2. The number of nitrogens with one attached hydrogen (secondary N) is 2. The fraction of sp³-hybridized carbons (Fsp3) is 0.333. The summed E-state index contributed by atoms with van der Waals surface area (Å²) in [5.41, 5.74) is 4.24. The van der Waals surface area contributed by atoms with Crippen LogP contribution in [0.2, 0.25) is 0 Å². The highest BCUT2D eigenvalue weighted by Crippen LogP contribution is 2.28. The monoisotopic (exact) mass is 591 g/mol. The Kier molecular flexibility index (Phi) is 8.16. The lowest BCUT2D eigenvalue weighted by molar-refractivity contribution is -0.146. The molecule has 6 rings (SSSR count). The predicted molar refractivity (Wildman–Crippen MR) is 155 cm³/mol. The molecule has 0 spiro atoms. The second-order valence-electron chi connectivity index (χ2n) is 10.4. The van der Waals surface area contributed by atoms with Crippen molar-refractivity contribution in [1.82, 2.24) is 29.5 Å². The number of fused-ring (bicyclic) bond motifs is 1. The SMILES string of the molecule is Cc1cc(Nc2nccn3c(-c4ccc(OC(F)F)cc4)cnc23)ccc1C(=O)N1CCN(C(=O)[C@@H]2CNCCO2)CC1. The van der Waals surface area contributed by atoms with Crippen molar-refractivity contribution in [1.29, 1.82) is 0 Å². The van der Waals surface area contributed by atoms with Crippen LogP contribution in [0, 0.1) is 6.92 Å². The van der Waals surface area contributed by atoms with Crippen LogP contribution in [0.3, 0.4) is 0 Å². The molecule has 0 aliphatic carbocycles. The second kappa shape index (κ2) is 12.3. The second-order valence-corrected chi connectivity index (χ2v) is 10.4. The van der Waals surface area contributed by atoms with Gasteiger partial charge in [0, 0.05) is 68.5 Å². The Morgan fingerprint density at radius 3 is 2.53 bits per heavy atom. The average Bonchev–Trinajstić information content (AvgIpc) is 3.46. The van der Waals surface area contributed by atoms with Crippen LogP contribution in [0.5, 0.6) is 5.75 Å². The third-order valence-electron chi connectivity index (χ3n) is 7.60. The third-order valence-corrected chi connectivity index (χ3v) is 7.60. The lowest BCUT2D eigenvalue weighted by Crippen LogP contribution is -2.56. The predicted octanol–water partition coefficient (Wildman–Crippen LogP) is 3.32. The molecule has 11 nitrogen and oxygen atoms in total. The Morgan fingerprint density at radius 2 is 1.84 bits per heavy atom. The van der Waals surface area contributed by atoms with E-state index in [2.05, 4.69) is 25.3 Å². The molecule has 2 aliphatic rings. The Bertz CT molecular complexity index is 1610. The van der Waals surface area contributed by atoms with E-state index in [0.29, 0.717) is 56.4 Å². The minimum Gasteiger partial charge on any atom is -0.435 e. The Balaban J connectivity index is 1.12. The highest BCUT2D eigenvalue weighted by molar-refractivity contribution is 5.96. The maximum absolute atomic E-state index is 13.4. The van der Waals surface area contributed by atoms with E-state index in [9.17, 15) is 18.4 Å². The first-order valence-corrected chi connectivity index (χ1v) is 14.0. The van der Waals surface area contributed by atoms with Crippen molar-refractivity contribution in [3.8, 4) is 17.0 Å². The fourth-order valence-electron chi connectivity index (χ4n) is 5.37. The Morgan fingerprint density at radius 1 is 1.07 bits per heavy atom. The summed E-state index contributed by atoms with van der Waals surface area (Å²) in [4.78, 5) is 38.6. The first-order chi connectivity index (χ1) is 20.9.